The molecule has 2 aliphatic heterocycles. The van der Waals surface area contributed by atoms with Gasteiger partial charge in [0.15, 0.2) is 0 Å². The van der Waals surface area contributed by atoms with E-state index in [0.717, 1.165) is 35.3 Å². The van der Waals surface area contributed by atoms with Crippen LogP contribution in [0.15, 0.2) is 78.9 Å². The van der Waals surface area contributed by atoms with E-state index in [-0.39, 0.29) is 17.8 Å². The third-order valence-corrected chi connectivity index (χ3v) is 7.56. The van der Waals surface area contributed by atoms with Crippen molar-refractivity contribution in [2.75, 3.05) is 17.3 Å². The predicted octanol–water partition coefficient (Wildman–Crippen LogP) is 4.98. The maximum absolute atomic E-state index is 13.8. The third kappa shape index (κ3) is 4.25. The van der Waals surface area contributed by atoms with E-state index in [4.69, 9.17) is 11.1 Å². The van der Waals surface area contributed by atoms with Crippen molar-refractivity contribution in [1.29, 1.82) is 5.41 Å². The van der Waals surface area contributed by atoms with Gasteiger partial charge in [0.25, 0.3) is 0 Å². The maximum atomic E-state index is 13.8. The topological polar surface area (TPSA) is 85.2 Å². The SMILES string of the molecule is C[N+]1=CCCc2cc(NC(=O)C3Cc4ccc(C(=N)N)cc4N3Cc3cccc4ccccc34)ccc21. The zero-order chi connectivity index (χ0) is 25.5. The highest BCUT2D eigenvalue weighted by Gasteiger charge is 2.35. The number of nitrogens with zero attached hydrogens (tertiary/aromatic N) is 2. The summed E-state index contributed by atoms with van der Waals surface area (Å²) in [6.07, 6.45) is 4.76. The molecule has 0 aromatic heterocycles. The minimum absolute atomic E-state index is 0.0251. The molecule has 1 amide bonds. The molecule has 6 rings (SSSR count). The number of carbonyl (C=O) groups is 1. The second-order valence-electron chi connectivity index (χ2n) is 9.91. The molecule has 0 bridgehead atoms. The van der Waals surface area contributed by atoms with Crippen molar-refractivity contribution in [3.63, 3.8) is 0 Å². The van der Waals surface area contributed by atoms with Gasteiger partial charge in [-0.25, -0.2) is 4.58 Å². The van der Waals surface area contributed by atoms with Crippen LogP contribution in [0, 0.1) is 5.41 Å². The van der Waals surface area contributed by atoms with Crippen molar-refractivity contribution in [3.8, 4) is 0 Å². The monoisotopic (exact) mass is 488 g/mol. The Balaban J connectivity index is 1.34. The molecule has 0 aliphatic carbocycles. The van der Waals surface area contributed by atoms with Crippen molar-refractivity contribution in [1.82, 2.24) is 0 Å². The average molecular weight is 489 g/mol. The molecule has 1 atom stereocenters. The fourth-order valence-corrected chi connectivity index (χ4v) is 5.65. The number of nitrogens with two attached hydrogens (primary N) is 1. The fourth-order valence-electron chi connectivity index (χ4n) is 5.65. The number of carbonyl (C=O) groups excluding carboxylic acids is 1. The Hall–Kier alpha value is -4.45. The molecule has 4 aromatic rings. The summed E-state index contributed by atoms with van der Waals surface area (Å²) < 4.78 is 2.15. The molecule has 0 spiro atoms. The Morgan fingerprint density at radius 3 is 2.76 bits per heavy atom. The molecule has 0 saturated heterocycles. The first-order chi connectivity index (χ1) is 18.0. The molecule has 0 saturated carbocycles. The van der Waals surface area contributed by atoms with Crippen LogP contribution >= 0.6 is 0 Å². The normalized spacial score (nSPS) is 16.2. The first-order valence-corrected chi connectivity index (χ1v) is 12.7. The highest BCUT2D eigenvalue weighted by Crippen LogP contribution is 2.36. The first-order valence-electron chi connectivity index (χ1n) is 12.7. The number of nitrogens with one attached hydrogen (secondary N) is 2. The molecule has 4 aromatic carbocycles. The van der Waals surface area contributed by atoms with Crippen LogP contribution in [-0.4, -0.2) is 35.6 Å². The Bertz CT molecular complexity index is 1580. The molecule has 1 unspecified atom stereocenters. The van der Waals surface area contributed by atoms with Gasteiger partial charge in [0.1, 0.15) is 25.1 Å². The molecule has 2 aliphatic rings. The molecule has 0 fully saturated rings. The molecule has 2 heterocycles. The summed E-state index contributed by atoms with van der Waals surface area (Å²) in [5.74, 6) is -0.00595. The summed E-state index contributed by atoms with van der Waals surface area (Å²) in [5, 5.41) is 13.5. The van der Waals surface area contributed by atoms with Crippen LogP contribution in [-0.2, 0) is 24.2 Å². The van der Waals surface area contributed by atoms with Crippen LogP contribution < -0.4 is 16.0 Å². The van der Waals surface area contributed by atoms with Crippen LogP contribution in [0.3, 0.4) is 0 Å². The number of hydrogen-bond donors (Lipinski definition) is 3. The van der Waals surface area contributed by atoms with Gasteiger partial charge < -0.3 is 16.0 Å². The van der Waals surface area contributed by atoms with E-state index >= 15 is 0 Å². The van der Waals surface area contributed by atoms with E-state index in [0.29, 0.717) is 18.5 Å². The van der Waals surface area contributed by atoms with Crippen LogP contribution in [0.5, 0.6) is 0 Å². The van der Waals surface area contributed by atoms with Crippen LogP contribution in [0.25, 0.3) is 10.8 Å². The van der Waals surface area contributed by atoms with Crippen molar-refractivity contribution in [2.45, 2.75) is 31.8 Å². The molecule has 184 valence electrons. The second kappa shape index (κ2) is 9.21. The van der Waals surface area contributed by atoms with Crippen molar-refractivity contribution >= 4 is 45.8 Å². The van der Waals surface area contributed by atoms with E-state index in [1.165, 1.54) is 22.0 Å². The van der Waals surface area contributed by atoms with E-state index in [9.17, 15) is 4.79 Å². The lowest BCUT2D eigenvalue weighted by Gasteiger charge is -2.28. The van der Waals surface area contributed by atoms with Gasteiger partial charge in [-0.1, -0.05) is 54.6 Å². The highest BCUT2D eigenvalue weighted by molar-refractivity contribution is 6.00. The zero-order valence-electron chi connectivity index (χ0n) is 20.9. The van der Waals surface area contributed by atoms with Crippen molar-refractivity contribution < 1.29 is 9.37 Å². The van der Waals surface area contributed by atoms with Crippen molar-refractivity contribution in [3.05, 3.63) is 101 Å². The second-order valence-corrected chi connectivity index (χ2v) is 9.91. The molecular weight excluding hydrogens is 458 g/mol. The first kappa shape index (κ1) is 23.0. The van der Waals surface area contributed by atoms with Gasteiger partial charge in [-0.15, -0.1) is 0 Å². The van der Waals surface area contributed by atoms with Crippen LogP contribution in [0.4, 0.5) is 17.1 Å². The lowest BCUT2D eigenvalue weighted by Crippen LogP contribution is -2.41. The third-order valence-electron chi connectivity index (χ3n) is 7.56. The van der Waals surface area contributed by atoms with Gasteiger partial charge in [0, 0.05) is 48.0 Å². The number of fused-ring (bicyclic) bond motifs is 3. The molecular formula is C31H30N5O+. The van der Waals surface area contributed by atoms with Gasteiger partial charge in [0.05, 0.1) is 0 Å². The molecule has 6 nitrogen and oxygen atoms in total. The standard InChI is InChI=1S/C31H29N5O/c1-35-15-5-9-21-16-25(13-14-27(21)35)34-31(37)29-17-22-11-12-23(30(32)33)18-28(22)36(29)19-24-8-4-7-20-6-2-3-10-26(20)24/h2-4,6-8,10-16,18,29H,5,9,17,19H2,1H3,(H3-,32,33,34,37)/p+1. The highest BCUT2D eigenvalue weighted by atomic mass is 16.2. The fraction of sp³-hybridized carbons (Fsp3) is 0.194. The van der Waals surface area contributed by atoms with Gasteiger partial charge >= 0.3 is 0 Å². The molecule has 6 heteroatoms. The number of hydrogen-bond acceptors (Lipinski definition) is 3. The Kier molecular flexibility index (Phi) is 5.72. The number of benzene rings is 4. The Morgan fingerprint density at radius 1 is 1.05 bits per heavy atom. The summed E-state index contributed by atoms with van der Waals surface area (Å²) in [5.41, 5.74) is 13.0. The summed E-state index contributed by atoms with van der Waals surface area (Å²) in [7, 11) is 2.06. The lowest BCUT2D eigenvalue weighted by molar-refractivity contribution is -0.403. The zero-order valence-corrected chi connectivity index (χ0v) is 20.9. The quantitative estimate of drug-likeness (QED) is 0.210. The smallest absolute Gasteiger partial charge is 0.247 e. The summed E-state index contributed by atoms with van der Waals surface area (Å²) in [6.45, 7) is 0.582. The lowest BCUT2D eigenvalue weighted by atomic mass is 10.0. The van der Waals surface area contributed by atoms with E-state index in [1.807, 2.05) is 36.4 Å². The number of rotatable bonds is 5. The summed E-state index contributed by atoms with van der Waals surface area (Å²) in [6, 6.07) is 26.2. The maximum Gasteiger partial charge on any atom is 0.247 e. The molecule has 0 radical (unpaired) electrons. The van der Waals surface area contributed by atoms with Gasteiger partial charge in [-0.2, -0.15) is 0 Å². The number of nitrogen functional groups attached to an aromatic ring is 1. The number of amides is 1. The predicted molar refractivity (Wildman–Crippen MR) is 150 cm³/mol. The Labute approximate surface area is 216 Å². The number of amidine groups is 1. The van der Waals surface area contributed by atoms with Gasteiger partial charge in [-0.3, -0.25) is 10.2 Å². The largest absolute Gasteiger partial charge is 0.384 e. The van der Waals surface area contributed by atoms with E-state index < -0.39 is 0 Å². The molecule has 4 N–H and O–H groups in total. The minimum atomic E-state index is -0.372. The number of anilines is 2. The van der Waals surface area contributed by atoms with Crippen molar-refractivity contribution in [2.24, 2.45) is 5.73 Å². The van der Waals surface area contributed by atoms with Crippen LogP contribution in [0.2, 0.25) is 0 Å². The molecule has 37 heavy (non-hydrogen) atoms. The summed E-state index contributed by atoms with van der Waals surface area (Å²) in [4.78, 5) is 15.9. The van der Waals surface area contributed by atoms with E-state index in [1.54, 1.807) is 0 Å². The average Bonchev–Trinajstić information content (AvgIpc) is 3.27. The summed E-state index contributed by atoms with van der Waals surface area (Å²) >= 11 is 0. The minimum Gasteiger partial charge on any atom is -0.384 e. The number of aryl methyl sites for hydroxylation is 1. The van der Waals surface area contributed by atoms with Gasteiger partial charge in [0.2, 0.25) is 11.6 Å². The van der Waals surface area contributed by atoms with E-state index in [2.05, 4.69) is 70.5 Å². The van der Waals surface area contributed by atoms with Gasteiger partial charge in [-0.05, 0) is 46.5 Å². The Morgan fingerprint density at radius 2 is 1.89 bits per heavy atom. The van der Waals surface area contributed by atoms with Crippen LogP contribution in [0.1, 0.15) is 28.7 Å².